The maximum atomic E-state index is 12.1. The third kappa shape index (κ3) is 4.69. The summed E-state index contributed by atoms with van der Waals surface area (Å²) in [5.41, 5.74) is 0.680. The Hall–Kier alpha value is -2.62. The van der Waals surface area contributed by atoms with Gasteiger partial charge in [0.2, 0.25) is 5.91 Å². The van der Waals surface area contributed by atoms with Crippen LogP contribution in [-0.4, -0.2) is 17.0 Å². The summed E-state index contributed by atoms with van der Waals surface area (Å²) in [4.78, 5) is 23.6. The zero-order chi connectivity index (χ0) is 17.6. The Labute approximate surface area is 147 Å². The molecule has 1 amide bonds. The molecule has 2 N–H and O–H groups in total. The second-order valence-corrected chi connectivity index (χ2v) is 6.71. The first kappa shape index (κ1) is 17.2. The van der Waals surface area contributed by atoms with E-state index in [1.807, 2.05) is 42.5 Å². The summed E-state index contributed by atoms with van der Waals surface area (Å²) in [6.45, 7) is 0. The first-order valence-corrected chi connectivity index (χ1v) is 8.85. The van der Waals surface area contributed by atoms with Gasteiger partial charge < -0.3 is 10.4 Å². The summed E-state index contributed by atoms with van der Waals surface area (Å²) in [6.07, 6.45) is 7.60. The van der Waals surface area contributed by atoms with E-state index in [0.717, 1.165) is 22.8 Å². The lowest BCUT2D eigenvalue weighted by molar-refractivity contribution is -0.134. The Bertz CT molecular complexity index is 804. The fourth-order valence-corrected chi connectivity index (χ4v) is 3.46. The number of carboxylic acid groups (broad SMARTS) is 1. The molecule has 130 valence electrons. The quantitative estimate of drug-likeness (QED) is 0.770. The maximum absolute atomic E-state index is 12.1. The van der Waals surface area contributed by atoms with E-state index in [-0.39, 0.29) is 11.6 Å². The number of carboxylic acids is 1. The molecule has 0 radical (unpaired) electrons. The summed E-state index contributed by atoms with van der Waals surface area (Å²) in [5, 5.41) is 14.1. The molecule has 0 spiro atoms. The minimum absolute atomic E-state index is 0.0771. The number of fused-ring (bicyclic) bond motifs is 1. The van der Waals surface area contributed by atoms with Gasteiger partial charge in [0.25, 0.3) is 0 Å². The van der Waals surface area contributed by atoms with Crippen LogP contribution in [0.2, 0.25) is 0 Å². The topological polar surface area (TPSA) is 66.4 Å². The third-order valence-corrected chi connectivity index (χ3v) is 4.84. The van der Waals surface area contributed by atoms with Crippen molar-refractivity contribution in [1.29, 1.82) is 0 Å². The zero-order valence-corrected chi connectivity index (χ0v) is 14.2. The lowest BCUT2D eigenvalue weighted by Crippen LogP contribution is -2.27. The van der Waals surface area contributed by atoms with Gasteiger partial charge in [-0.1, -0.05) is 62.1 Å². The highest BCUT2D eigenvalue weighted by Crippen LogP contribution is 2.28. The molecule has 2 aromatic rings. The number of hydrogen-bond donors (Lipinski definition) is 2. The van der Waals surface area contributed by atoms with Crippen molar-refractivity contribution in [2.24, 2.45) is 5.92 Å². The lowest BCUT2D eigenvalue weighted by Gasteiger charge is -2.10. The highest BCUT2D eigenvalue weighted by atomic mass is 16.4. The number of aliphatic carboxylic acids is 1. The average Bonchev–Trinajstić information content (AvgIpc) is 3.13. The van der Waals surface area contributed by atoms with Gasteiger partial charge >= 0.3 is 5.97 Å². The highest BCUT2D eigenvalue weighted by molar-refractivity contribution is 5.97. The van der Waals surface area contributed by atoms with Gasteiger partial charge in [-0.2, -0.15) is 0 Å². The minimum atomic E-state index is -1.12. The van der Waals surface area contributed by atoms with Crippen molar-refractivity contribution in [3.8, 4) is 0 Å². The highest BCUT2D eigenvalue weighted by Gasteiger charge is 2.17. The molecule has 1 saturated carbocycles. The second-order valence-electron chi connectivity index (χ2n) is 6.71. The molecule has 1 aliphatic carbocycles. The molecule has 0 atom stereocenters. The van der Waals surface area contributed by atoms with Crippen LogP contribution in [0.3, 0.4) is 0 Å². The van der Waals surface area contributed by atoms with Crippen molar-refractivity contribution in [1.82, 2.24) is 5.32 Å². The molecule has 3 rings (SSSR count). The Balaban J connectivity index is 1.69. The van der Waals surface area contributed by atoms with Gasteiger partial charge in [0.05, 0.1) is 0 Å². The lowest BCUT2D eigenvalue weighted by atomic mass is 10.0. The number of carbonyl (C=O) groups is 2. The van der Waals surface area contributed by atoms with Crippen LogP contribution in [0.1, 0.15) is 44.1 Å². The van der Waals surface area contributed by atoms with Crippen LogP contribution < -0.4 is 5.32 Å². The van der Waals surface area contributed by atoms with Crippen LogP contribution in [0.15, 0.2) is 48.2 Å². The van der Waals surface area contributed by atoms with Crippen LogP contribution in [-0.2, 0) is 9.59 Å². The van der Waals surface area contributed by atoms with Crippen LogP contribution in [0.4, 0.5) is 0 Å². The predicted octanol–water partition coefficient (Wildman–Crippen LogP) is 4.35. The Morgan fingerprint density at radius 1 is 1.08 bits per heavy atom. The summed E-state index contributed by atoms with van der Waals surface area (Å²) in [6, 6.07) is 13.6. The molecule has 1 fully saturated rings. The van der Waals surface area contributed by atoms with Gasteiger partial charge in [0, 0.05) is 6.42 Å². The number of amides is 1. The van der Waals surface area contributed by atoms with Gasteiger partial charge in [-0.25, -0.2) is 4.79 Å². The largest absolute Gasteiger partial charge is 0.477 e. The van der Waals surface area contributed by atoms with Crippen molar-refractivity contribution in [2.75, 3.05) is 0 Å². The molecule has 0 aliphatic heterocycles. The van der Waals surface area contributed by atoms with Crippen molar-refractivity contribution in [2.45, 2.75) is 38.5 Å². The maximum Gasteiger partial charge on any atom is 0.352 e. The van der Waals surface area contributed by atoms with Gasteiger partial charge in [0.15, 0.2) is 0 Å². The van der Waals surface area contributed by atoms with Crippen molar-refractivity contribution in [3.63, 3.8) is 0 Å². The summed E-state index contributed by atoms with van der Waals surface area (Å²) in [7, 11) is 0. The summed E-state index contributed by atoms with van der Waals surface area (Å²) >= 11 is 0. The van der Waals surface area contributed by atoms with Gasteiger partial charge in [0.1, 0.15) is 5.70 Å². The van der Waals surface area contributed by atoms with E-state index in [4.69, 9.17) is 0 Å². The summed E-state index contributed by atoms with van der Waals surface area (Å²) < 4.78 is 0. The molecular formula is C21H23NO3. The van der Waals surface area contributed by atoms with E-state index in [1.165, 1.54) is 31.8 Å². The van der Waals surface area contributed by atoms with Crippen LogP contribution in [0, 0.1) is 5.92 Å². The van der Waals surface area contributed by atoms with E-state index in [1.54, 1.807) is 0 Å². The molecule has 0 aromatic heterocycles. The molecule has 2 aromatic carbocycles. The first-order chi connectivity index (χ1) is 12.1. The normalized spacial score (nSPS) is 15.4. The fourth-order valence-electron chi connectivity index (χ4n) is 3.46. The SMILES string of the molecule is O=C(CCC1CCCC1)NC(=Cc1ccc2ccccc2c1)C(=O)O. The number of hydrogen-bond acceptors (Lipinski definition) is 2. The predicted molar refractivity (Wildman–Crippen MR) is 98.9 cm³/mol. The number of carbonyl (C=O) groups excluding carboxylic acids is 1. The average molecular weight is 337 g/mol. The Morgan fingerprint density at radius 3 is 2.52 bits per heavy atom. The van der Waals surface area contributed by atoms with E-state index in [0.29, 0.717) is 12.3 Å². The standard InChI is InChI=1S/C21H23NO3/c23-20(12-10-15-5-1-2-6-15)22-19(21(24)25)14-16-9-11-17-7-3-4-8-18(17)13-16/h3-4,7-9,11,13-15H,1-2,5-6,10,12H2,(H,22,23)(H,24,25). The molecule has 25 heavy (non-hydrogen) atoms. The molecule has 0 unspecified atom stereocenters. The number of benzene rings is 2. The Kier molecular flexibility index (Phi) is 5.49. The first-order valence-electron chi connectivity index (χ1n) is 8.85. The monoisotopic (exact) mass is 337 g/mol. The summed E-state index contributed by atoms with van der Waals surface area (Å²) in [5.74, 6) is -0.729. The van der Waals surface area contributed by atoms with Crippen molar-refractivity contribution >= 4 is 28.7 Å². The second kappa shape index (κ2) is 7.97. The fraction of sp³-hybridized carbons (Fsp3) is 0.333. The van der Waals surface area contributed by atoms with Crippen molar-refractivity contribution in [3.05, 3.63) is 53.7 Å². The molecule has 0 bridgehead atoms. The minimum Gasteiger partial charge on any atom is -0.477 e. The van der Waals surface area contributed by atoms with Crippen LogP contribution >= 0.6 is 0 Å². The third-order valence-electron chi connectivity index (χ3n) is 4.84. The zero-order valence-electron chi connectivity index (χ0n) is 14.2. The van der Waals surface area contributed by atoms with Gasteiger partial charge in [-0.3, -0.25) is 4.79 Å². The molecule has 0 heterocycles. The molecular weight excluding hydrogens is 314 g/mol. The van der Waals surface area contributed by atoms with E-state index in [9.17, 15) is 14.7 Å². The molecule has 0 saturated heterocycles. The van der Waals surface area contributed by atoms with E-state index in [2.05, 4.69) is 5.32 Å². The Morgan fingerprint density at radius 2 is 1.80 bits per heavy atom. The molecule has 1 aliphatic rings. The smallest absolute Gasteiger partial charge is 0.352 e. The molecule has 4 heteroatoms. The number of nitrogens with one attached hydrogen (secondary N) is 1. The van der Waals surface area contributed by atoms with Crippen LogP contribution in [0.25, 0.3) is 16.8 Å². The van der Waals surface area contributed by atoms with Crippen molar-refractivity contribution < 1.29 is 14.7 Å². The van der Waals surface area contributed by atoms with E-state index >= 15 is 0 Å². The molecule has 4 nitrogen and oxygen atoms in total. The van der Waals surface area contributed by atoms with E-state index < -0.39 is 5.97 Å². The number of rotatable bonds is 6. The van der Waals surface area contributed by atoms with Crippen LogP contribution in [0.5, 0.6) is 0 Å². The van der Waals surface area contributed by atoms with Gasteiger partial charge in [-0.05, 0) is 40.8 Å². The van der Waals surface area contributed by atoms with Gasteiger partial charge in [-0.15, -0.1) is 0 Å².